The van der Waals surface area contributed by atoms with Gasteiger partial charge in [-0.1, -0.05) is 38.2 Å². The number of aromatic nitrogens is 1. The summed E-state index contributed by atoms with van der Waals surface area (Å²) < 4.78 is 4.25. The van der Waals surface area contributed by atoms with Gasteiger partial charge in [0.15, 0.2) is 4.80 Å². The summed E-state index contributed by atoms with van der Waals surface area (Å²) in [4.78, 5) is 17.1. The minimum absolute atomic E-state index is 0.0858. The van der Waals surface area contributed by atoms with Crippen LogP contribution in [-0.2, 0) is 11.3 Å². The molecular weight excluding hydrogens is 324 g/mol. The number of para-hydroxylation sites is 1. The maximum atomic E-state index is 12.1. The van der Waals surface area contributed by atoms with Gasteiger partial charge in [-0.25, -0.2) is 0 Å². The van der Waals surface area contributed by atoms with E-state index in [0.29, 0.717) is 0 Å². The summed E-state index contributed by atoms with van der Waals surface area (Å²) in [5.74, 6) is -0.0858. The molecule has 5 heteroatoms. The summed E-state index contributed by atoms with van der Waals surface area (Å²) in [6.07, 6.45) is 0. The van der Waals surface area contributed by atoms with Crippen LogP contribution in [0.2, 0.25) is 0 Å². The topological polar surface area (TPSA) is 34.4 Å². The van der Waals surface area contributed by atoms with E-state index >= 15 is 0 Å². The molecule has 1 aromatic carbocycles. The lowest BCUT2D eigenvalue weighted by atomic mass is 9.96. The molecule has 0 spiro atoms. The summed E-state index contributed by atoms with van der Waals surface area (Å²) in [6.45, 7) is 8.51. The average molecular weight is 341 g/mol. The lowest BCUT2D eigenvalue weighted by Gasteiger charge is -2.11. The monoisotopic (exact) mass is 340 g/mol. The standard InChI is InChI=1S/C14H17BrN2OS/c1-5-17-11-9(15)7-6-8-10(11)19-13(17)16-12(18)14(2,3)4/h6-8H,5H2,1-4H3. The fourth-order valence-corrected chi connectivity index (χ4v) is 3.55. The van der Waals surface area contributed by atoms with Gasteiger partial charge in [-0.15, -0.1) is 0 Å². The summed E-state index contributed by atoms with van der Waals surface area (Å²) in [7, 11) is 0. The zero-order chi connectivity index (χ0) is 14.2. The van der Waals surface area contributed by atoms with E-state index in [1.807, 2.05) is 32.9 Å². The van der Waals surface area contributed by atoms with Crippen molar-refractivity contribution in [1.82, 2.24) is 4.57 Å². The number of aryl methyl sites for hydroxylation is 1. The number of hydrogen-bond donors (Lipinski definition) is 0. The molecule has 0 radical (unpaired) electrons. The molecule has 0 unspecified atom stereocenters. The van der Waals surface area contributed by atoms with Gasteiger partial charge < -0.3 is 4.57 Å². The van der Waals surface area contributed by atoms with Gasteiger partial charge >= 0.3 is 0 Å². The number of benzene rings is 1. The molecule has 3 nitrogen and oxygen atoms in total. The Balaban J connectivity index is 2.72. The van der Waals surface area contributed by atoms with Crippen LogP contribution < -0.4 is 4.80 Å². The number of thiazole rings is 1. The molecule has 1 amide bonds. The van der Waals surface area contributed by atoms with Crippen molar-refractivity contribution in [2.45, 2.75) is 34.2 Å². The van der Waals surface area contributed by atoms with E-state index in [2.05, 4.69) is 38.5 Å². The second kappa shape index (κ2) is 5.21. The number of carbonyl (C=O) groups is 1. The third-order valence-electron chi connectivity index (χ3n) is 2.81. The van der Waals surface area contributed by atoms with Gasteiger partial charge in [0.05, 0.1) is 10.2 Å². The Morgan fingerprint density at radius 3 is 2.68 bits per heavy atom. The Morgan fingerprint density at radius 1 is 1.42 bits per heavy atom. The third kappa shape index (κ3) is 2.82. The average Bonchev–Trinajstić information content (AvgIpc) is 2.66. The van der Waals surface area contributed by atoms with E-state index in [4.69, 9.17) is 0 Å². The number of amides is 1. The minimum Gasteiger partial charge on any atom is -0.316 e. The molecule has 1 aromatic heterocycles. The van der Waals surface area contributed by atoms with Crippen molar-refractivity contribution in [3.05, 3.63) is 27.5 Å². The number of hydrogen-bond acceptors (Lipinski definition) is 2. The molecule has 0 aliphatic heterocycles. The van der Waals surface area contributed by atoms with Crippen molar-refractivity contribution in [1.29, 1.82) is 0 Å². The molecule has 0 bridgehead atoms. The van der Waals surface area contributed by atoms with Crippen molar-refractivity contribution in [3.8, 4) is 0 Å². The van der Waals surface area contributed by atoms with Crippen molar-refractivity contribution >= 4 is 43.4 Å². The quantitative estimate of drug-likeness (QED) is 0.773. The SMILES string of the molecule is CCn1c(=NC(=O)C(C)(C)C)sc2cccc(Br)c21. The van der Waals surface area contributed by atoms with Crippen LogP contribution in [0.5, 0.6) is 0 Å². The molecule has 0 saturated heterocycles. The van der Waals surface area contributed by atoms with Gasteiger partial charge in [-0.3, -0.25) is 4.79 Å². The number of nitrogens with zero attached hydrogens (tertiary/aromatic N) is 2. The highest BCUT2D eigenvalue weighted by Gasteiger charge is 2.21. The smallest absolute Gasteiger partial charge is 0.253 e. The van der Waals surface area contributed by atoms with Crippen LogP contribution >= 0.6 is 27.3 Å². The Bertz CT molecular complexity index is 692. The molecule has 0 N–H and O–H groups in total. The number of carbonyl (C=O) groups excluding carboxylic acids is 1. The van der Waals surface area contributed by atoms with Gasteiger partial charge in [-0.2, -0.15) is 4.99 Å². The van der Waals surface area contributed by atoms with E-state index in [9.17, 15) is 4.79 Å². The van der Waals surface area contributed by atoms with Gasteiger partial charge in [0.1, 0.15) is 0 Å². The molecule has 0 aliphatic carbocycles. The number of rotatable bonds is 1. The first-order valence-corrected chi connectivity index (χ1v) is 7.82. The van der Waals surface area contributed by atoms with Gasteiger partial charge in [0, 0.05) is 16.4 Å². The van der Waals surface area contributed by atoms with E-state index in [-0.39, 0.29) is 5.91 Å². The highest BCUT2D eigenvalue weighted by Crippen LogP contribution is 2.26. The molecule has 2 aromatic rings. The molecule has 19 heavy (non-hydrogen) atoms. The lowest BCUT2D eigenvalue weighted by Crippen LogP contribution is -2.23. The molecule has 2 rings (SSSR count). The fourth-order valence-electron chi connectivity index (χ4n) is 1.72. The first-order chi connectivity index (χ1) is 8.84. The van der Waals surface area contributed by atoms with Crippen LogP contribution in [0.1, 0.15) is 27.7 Å². The maximum absolute atomic E-state index is 12.1. The van der Waals surface area contributed by atoms with Gasteiger partial charge in [-0.05, 0) is 35.0 Å². The van der Waals surface area contributed by atoms with Crippen molar-refractivity contribution in [2.24, 2.45) is 10.4 Å². The first kappa shape index (κ1) is 14.5. The lowest BCUT2D eigenvalue weighted by molar-refractivity contribution is -0.125. The summed E-state index contributed by atoms with van der Waals surface area (Å²) >= 11 is 5.12. The Kier molecular flexibility index (Phi) is 3.97. The molecular formula is C14H17BrN2OS. The largest absolute Gasteiger partial charge is 0.316 e. The van der Waals surface area contributed by atoms with Crippen molar-refractivity contribution < 1.29 is 4.79 Å². The second-order valence-electron chi connectivity index (χ2n) is 5.38. The Hall–Kier alpha value is -0.940. The van der Waals surface area contributed by atoms with Gasteiger partial charge in [0.2, 0.25) is 0 Å². The van der Waals surface area contributed by atoms with Crippen LogP contribution in [0.4, 0.5) is 0 Å². The van der Waals surface area contributed by atoms with Crippen LogP contribution in [0, 0.1) is 5.41 Å². The van der Waals surface area contributed by atoms with E-state index in [0.717, 1.165) is 26.0 Å². The summed E-state index contributed by atoms with van der Waals surface area (Å²) in [5.41, 5.74) is 0.661. The maximum Gasteiger partial charge on any atom is 0.253 e. The third-order valence-corrected chi connectivity index (χ3v) is 4.49. The summed E-state index contributed by atoms with van der Waals surface area (Å²) in [6, 6.07) is 6.06. The predicted molar refractivity (Wildman–Crippen MR) is 83.2 cm³/mol. The number of halogens is 1. The van der Waals surface area contributed by atoms with Gasteiger partial charge in [0.25, 0.3) is 5.91 Å². The molecule has 0 atom stereocenters. The van der Waals surface area contributed by atoms with Crippen molar-refractivity contribution in [3.63, 3.8) is 0 Å². The fraction of sp³-hybridized carbons (Fsp3) is 0.429. The molecule has 0 aliphatic rings. The Labute approximate surface area is 125 Å². The minimum atomic E-state index is -0.445. The molecule has 102 valence electrons. The van der Waals surface area contributed by atoms with Crippen LogP contribution in [0.3, 0.4) is 0 Å². The highest BCUT2D eigenvalue weighted by molar-refractivity contribution is 9.10. The first-order valence-electron chi connectivity index (χ1n) is 6.21. The Morgan fingerprint density at radius 2 is 2.11 bits per heavy atom. The van der Waals surface area contributed by atoms with Crippen LogP contribution in [-0.4, -0.2) is 10.5 Å². The second-order valence-corrected chi connectivity index (χ2v) is 7.25. The summed E-state index contributed by atoms with van der Waals surface area (Å²) in [5, 5.41) is 0. The molecule has 0 fully saturated rings. The van der Waals surface area contributed by atoms with E-state index in [1.165, 1.54) is 0 Å². The zero-order valence-corrected chi connectivity index (χ0v) is 13.9. The normalized spacial score (nSPS) is 13.2. The molecule has 0 saturated carbocycles. The molecule has 1 heterocycles. The van der Waals surface area contributed by atoms with E-state index in [1.54, 1.807) is 11.3 Å². The number of fused-ring (bicyclic) bond motifs is 1. The zero-order valence-electron chi connectivity index (χ0n) is 11.5. The van der Waals surface area contributed by atoms with Crippen LogP contribution in [0.15, 0.2) is 27.7 Å². The van der Waals surface area contributed by atoms with E-state index < -0.39 is 5.41 Å². The van der Waals surface area contributed by atoms with Crippen molar-refractivity contribution in [2.75, 3.05) is 0 Å². The highest BCUT2D eigenvalue weighted by atomic mass is 79.9. The van der Waals surface area contributed by atoms with Crippen LogP contribution in [0.25, 0.3) is 10.2 Å². The predicted octanol–water partition coefficient (Wildman–Crippen LogP) is 3.96.